The first-order valence-corrected chi connectivity index (χ1v) is 7.83. The topological polar surface area (TPSA) is 84.5 Å². The standard InChI is InChI=1S/C19H20N2O4/c1-13(20-18(23)14-7-4-3-5-8-14)11-17(22)21-16-10-6-9-15(12-16)19(24)25-2/h3-10,12-13H,11H2,1-2H3,(H,20,23)(H,21,22). The molecule has 2 N–H and O–H groups in total. The molecule has 0 aliphatic heterocycles. The number of nitrogens with one attached hydrogen (secondary N) is 2. The van der Waals surface area contributed by atoms with Crippen LogP contribution in [0.2, 0.25) is 0 Å². The van der Waals surface area contributed by atoms with Gasteiger partial charge in [-0.2, -0.15) is 0 Å². The van der Waals surface area contributed by atoms with Crippen LogP contribution in [0, 0.1) is 0 Å². The first kappa shape index (κ1) is 18.2. The number of anilines is 1. The zero-order valence-corrected chi connectivity index (χ0v) is 14.1. The van der Waals surface area contributed by atoms with Crippen LogP contribution in [-0.2, 0) is 9.53 Å². The van der Waals surface area contributed by atoms with Gasteiger partial charge in [-0.3, -0.25) is 9.59 Å². The minimum Gasteiger partial charge on any atom is -0.465 e. The highest BCUT2D eigenvalue weighted by molar-refractivity contribution is 5.96. The fourth-order valence-electron chi connectivity index (χ4n) is 2.28. The van der Waals surface area contributed by atoms with Crippen molar-refractivity contribution in [2.24, 2.45) is 0 Å². The molecule has 0 aliphatic carbocycles. The zero-order valence-electron chi connectivity index (χ0n) is 14.1. The summed E-state index contributed by atoms with van der Waals surface area (Å²) in [5.74, 6) is -0.962. The number of carbonyl (C=O) groups excluding carboxylic acids is 3. The van der Waals surface area contributed by atoms with Crippen molar-refractivity contribution in [3.8, 4) is 0 Å². The van der Waals surface area contributed by atoms with Crippen LogP contribution in [0.25, 0.3) is 0 Å². The molecule has 0 fully saturated rings. The number of ether oxygens (including phenoxy) is 1. The molecule has 6 heteroatoms. The van der Waals surface area contributed by atoms with Crippen LogP contribution in [0.4, 0.5) is 5.69 Å². The van der Waals surface area contributed by atoms with E-state index in [4.69, 9.17) is 0 Å². The highest BCUT2D eigenvalue weighted by Crippen LogP contribution is 2.12. The summed E-state index contributed by atoms with van der Waals surface area (Å²) in [4.78, 5) is 35.7. The monoisotopic (exact) mass is 340 g/mol. The summed E-state index contributed by atoms with van der Waals surface area (Å²) in [6.45, 7) is 1.76. The average molecular weight is 340 g/mol. The van der Waals surface area contributed by atoms with Crippen LogP contribution in [0.15, 0.2) is 54.6 Å². The van der Waals surface area contributed by atoms with Gasteiger partial charge in [0.2, 0.25) is 5.91 Å². The summed E-state index contributed by atoms with van der Waals surface area (Å²) in [5, 5.41) is 5.48. The average Bonchev–Trinajstić information content (AvgIpc) is 2.61. The Morgan fingerprint density at radius 1 is 1.00 bits per heavy atom. The summed E-state index contributed by atoms with van der Waals surface area (Å²) in [5.41, 5.74) is 1.39. The summed E-state index contributed by atoms with van der Waals surface area (Å²) in [6.07, 6.45) is 0.112. The van der Waals surface area contributed by atoms with Crippen LogP contribution < -0.4 is 10.6 Å². The Bertz CT molecular complexity index is 759. The molecule has 2 aromatic rings. The van der Waals surface area contributed by atoms with Crippen molar-refractivity contribution in [3.05, 3.63) is 65.7 Å². The van der Waals surface area contributed by atoms with Gasteiger partial charge in [0.15, 0.2) is 0 Å². The van der Waals surface area contributed by atoms with Gasteiger partial charge < -0.3 is 15.4 Å². The third kappa shape index (κ3) is 5.46. The number of hydrogen-bond acceptors (Lipinski definition) is 4. The van der Waals surface area contributed by atoms with Crippen molar-refractivity contribution in [1.82, 2.24) is 5.32 Å². The van der Waals surface area contributed by atoms with Crippen LogP contribution in [0.5, 0.6) is 0 Å². The lowest BCUT2D eigenvalue weighted by atomic mass is 10.1. The van der Waals surface area contributed by atoms with Gasteiger partial charge in [0.25, 0.3) is 5.91 Å². The van der Waals surface area contributed by atoms with E-state index in [9.17, 15) is 14.4 Å². The van der Waals surface area contributed by atoms with Gasteiger partial charge in [-0.15, -0.1) is 0 Å². The van der Waals surface area contributed by atoms with Crippen molar-refractivity contribution in [1.29, 1.82) is 0 Å². The summed E-state index contributed by atoms with van der Waals surface area (Å²) >= 11 is 0. The molecule has 25 heavy (non-hydrogen) atoms. The fourth-order valence-corrected chi connectivity index (χ4v) is 2.28. The van der Waals surface area contributed by atoms with Gasteiger partial charge >= 0.3 is 5.97 Å². The van der Waals surface area contributed by atoms with Crippen molar-refractivity contribution < 1.29 is 19.1 Å². The molecule has 0 aliphatic rings. The lowest BCUT2D eigenvalue weighted by Gasteiger charge is -2.14. The molecule has 2 rings (SSSR count). The van der Waals surface area contributed by atoms with E-state index in [0.717, 1.165) is 0 Å². The third-order valence-corrected chi connectivity index (χ3v) is 3.47. The van der Waals surface area contributed by atoms with Crippen LogP contribution in [0.1, 0.15) is 34.1 Å². The Balaban J connectivity index is 1.89. The third-order valence-electron chi connectivity index (χ3n) is 3.47. The van der Waals surface area contributed by atoms with Crippen molar-refractivity contribution in [2.75, 3.05) is 12.4 Å². The van der Waals surface area contributed by atoms with Crippen LogP contribution in [-0.4, -0.2) is 30.9 Å². The van der Waals surface area contributed by atoms with Crippen LogP contribution in [0.3, 0.4) is 0 Å². The van der Waals surface area contributed by atoms with E-state index in [1.54, 1.807) is 49.4 Å². The predicted molar refractivity (Wildman–Crippen MR) is 94.4 cm³/mol. The SMILES string of the molecule is COC(=O)c1cccc(NC(=O)CC(C)NC(=O)c2ccccc2)c1. The molecule has 0 radical (unpaired) electrons. The fraction of sp³-hybridized carbons (Fsp3) is 0.211. The number of carbonyl (C=O) groups is 3. The molecule has 0 heterocycles. The lowest BCUT2D eigenvalue weighted by molar-refractivity contribution is -0.116. The van der Waals surface area contributed by atoms with Crippen LogP contribution >= 0.6 is 0 Å². The lowest BCUT2D eigenvalue weighted by Crippen LogP contribution is -2.35. The second kappa shape index (κ2) is 8.63. The molecule has 2 amide bonds. The largest absolute Gasteiger partial charge is 0.465 e. The number of rotatable bonds is 6. The zero-order chi connectivity index (χ0) is 18.2. The Morgan fingerprint density at radius 2 is 1.68 bits per heavy atom. The Labute approximate surface area is 146 Å². The molecule has 6 nitrogen and oxygen atoms in total. The normalized spacial score (nSPS) is 11.3. The summed E-state index contributed by atoms with van der Waals surface area (Å²) < 4.78 is 4.65. The molecule has 1 atom stereocenters. The summed E-state index contributed by atoms with van der Waals surface area (Å²) in [7, 11) is 1.30. The molecule has 0 aromatic heterocycles. The highest BCUT2D eigenvalue weighted by Gasteiger charge is 2.14. The van der Waals surface area contributed by atoms with E-state index in [2.05, 4.69) is 15.4 Å². The van der Waals surface area contributed by atoms with Crippen molar-refractivity contribution in [2.45, 2.75) is 19.4 Å². The maximum atomic E-state index is 12.1. The Morgan fingerprint density at radius 3 is 2.36 bits per heavy atom. The highest BCUT2D eigenvalue weighted by atomic mass is 16.5. The van der Waals surface area contributed by atoms with E-state index in [-0.39, 0.29) is 24.3 Å². The van der Waals surface area contributed by atoms with Gasteiger partial charge in [0, 0.05) is 23.7 Å². The molecule has 1 unspecified atom stereocenters. The number of amides is 2. The smallest absolute Gasteiger partial charge is 0.337 e. The number of benzene rings is 2. The molecule has 0 saturated carbocycles. The Hall–Kier alpha value is -3.15. The van der Waals surface area contributed by atoms with Gasteiger partial charge in [-0.1, -0.05) is 24.3 Å². The number of esters is 1. The van der Waals surface area contributed by atoms with Gasteiger partial charge in [-0.05, 0) is 37.3 Å². The van der Waals surface area contributed by atoms with Crippen molar-refractivity contribution in [3.63, 3.8) is 0 Å². The molecular formula is C19H20N2O4. The van der Waals surface area contributed by atoms with E-state index in [0.29, 0.717) is 16.8 Å². The number of methoxy groups -OCH3 is 1. The molecule has 0 bridgehead atoms. The van der Waals surface area contributed by atoms with Gasteiger partial charge in [0.1, 0.15) is 0 Å². The van der Waals surface area contributed by atoms with E-state index in [1.165, 1.54) is 13.2 Å². The maximum absolute atomic E-state index is 12.1. The predicted octanol–water partition coefficient (Wildman–Crippen LogP) is 2.62. The van der Waals surface area contributed by atoms with Gasteiger partial charge in [0.05, 0.1) is 12.7 Å². The minimum atomic E-state index is -0.473. The molecule has 0 saturated heterocycles. The van der Waals surface area contributed by atoms with Crippen molar-refractivity contribution >= 4 is 23.5 Å². The first-order chi connectivity index (χ1) is 12.0. The van der Waals surface area contributed by atoms with E-state index in [1.807, 2.05) is 6.07 Å². The van der Waals surface area contributed by atoms with E-state index >= 15 is 0 Å². The van der Waals surface area contributed by atoms with E-state index < -0.39 is 5.97 Å². The second-order valence-electron chi connectivity index (χ2n) is 5.57. The molecule has 2 aromatic carbocycles. The molecule has 130 valence electrons. The summed E-state index contributed by atoms with van der Waals surface area (Å²) in [6, 6.07) is 14.9. The first-order valence-electron chi connectivity index (χ1n) is 7.83. The Kier molecular flexibility index (Phi) is 6.28. The molecular weight excluding hydrogens is 320 g/mol. The van der Waals surface area contributed by atoms with Gasteiger partial charge in [-0.25, -0.2) is 4.79 Å². The minimum absolute atomic E-state index is 0.112. The quantitative estimate of drug-likeness (QED) is 0.792. The molecule has 0 spiro atoms. The second-order valence-corrected chi connectivity index (χ2v) is 5.57. The maximum Gasteiger partial charge on any atom is 0.337 e. The number of hydrogen-bond donors (Lipinski definition) is 2.